The fourth-order valence-electron chi connectivity index (χ4n) is 4.14. The van der Waals surface area contributed by atoms with Crippen molar-refractivity contribution in [2.45, 2.75) is 38.1 Å². The van der Waals surface area contributed by atoms with E-state index in [0.29, 0.717) is 12.3 Å². The van der Waals surface area contributed by atoms with Gasteiger partial charge in [0.2, 0.25) is 5.91 Å². The second-order valence-electron chi connectivity index (χ2n) is 8.03. The molecule has 1 amide bonds. The predicted octanol–water partition coefficient (Wildman–Crippen LogP) is 2.65. The first-order valence-corrected chi connectivity index (χ1v) is 11.5. The van der Waals surface area contributed by atoms with Crippen molar-refractivity contribution in [3.63, 3.8) is 0 Å². The first-order valence-electron chi connectivity index (χ1n) is 10.5. The highest BCUT2D eigenvalue weighted by atomic mass is 32.2. The van der Waals surface area contributed by atoms with E-state index in [9.17, 15) is 4.79 Å². The summed E-state index contributed by atoms with van der Waals surface area (Å²) in [6.07, 6.45) is 5.12. The van der Waals surface area contributed by atoms with Crippen molar-refractivity contribution in [3.8, 4) is 0 Å². The van der Waals surface area contributed by atoms with Gasteiger partial charge in [-0.25, -0.2) is 5.43 Å². The Morgan fingerprint density at radius 3 is 2.77 bits per heavy atom. The van der Waals surface area contributed by atoms with Gasteiger partial charge in [0.25, 0.3) is 0 Å². The molecule has 31 heavy (non-hydrogen) atoms. The third-order valence-electron chi connectivity index (χ3n) is 5.85. The topological polar surface area (TPSA) is 72.0 Å². The molecular formula is C23H26N6OS. The number of carbonyl (C=O) groups excluding carboxylic acids is 1. The minimum atomic E-state index is 0.00557. The lowest BCUT2D eigenvalue weighted by Gasteiger charge is -2.36. The Kier molecular flexibility index (Phi) is 5.57. The van der Waals surface area contributed by atoms with E-state index < -0.39 is 0 Å². The van der Waals surface area contributed by atoms with Crippen molar-refractivity contribution in [2.75, 3.05) is 5.75 Å². The molecule has 160 valence electrons. The fraction of sp³-hybridized carbons (Fsp3) is 0.304. The first kappa shape index (κ1) is 20.0. The minimum Gasteiger partial charge on any atom is -0.351 e. The maximum atomic E-state index is 12.3. The van der Waals surface area contributed by atoms with Gasteiger partial charge in [0, 0.05) is 18.9 Å². The summed E-state index contributed by atoms with van der Waals surface area (Å²) < 4.78 is 0. The maximum Gasteiger partial charge on any atom is 0.230 e. The van der Waals surface area contributed by atoms with Gasteiger partial charge in [0.15, 0.2) is 5.17 Å². The summed E-state index contributed by atoms with van der Waals surface area (Å²) in [7, 11) is 0. The summed E-state index contributed by atoms with van der Waals surface area (Å²) in [6, 6.07) is 19.2. The van der Waals surface area contributed by atoms with Crippen LogP contribution in [-0.4, -0.2) is 38.9 Å². The molecule has 3 N–H and O–H groups in total. The van der Waals surface area contributed by atoms with Gasteiger partial charge in [-0.1, -0.05) is 71.9 Å². The normalized spacial score (nSPS) is 23.8. The Balaban J connectivity index is 1.14. The smallest absolute Gasteiger partial charge is 0.230 e. The van der Waals surface area contributed by atoms with Crippen LogP contribution < -0.4 is 16.2 Å². The third-order valence-corrected chi connectivity index (χ3v) is 6.82. The van der Waals surface area contributed by atoms with Crippen molar-refractivity contribution in [2.24, 2.45) is 5.10 Å². The van der Waals surface area contributed by atoms with E-state index in [0.717, 1.165) is 17.2 Å². The second-order valence-corrected chi connectivity index (χ2v) is 8.97. The van der Waals surface area contributed by atoms with Gasteiger partial charge in [-0.05, 0) is 24.5 Å². The van der Waals surface area contributed by atoms with Crippen molar-refractivity contribution >= 4 is 22.8 Å². The van der Waals surface area contributed by atoms with Gasteiger partial charge in [-0.3, -0.25) is 10.2 Å². The average Bonchev–Trinajstić information content (AvgIpc) is 3.42. The molecule has 3 aliphatic heterocycles. The number of aryl methyl sites for hydroxylation is 1. The summed E-state index contributed by atoms with van der Waals surface area (Å²) >= 11 is 1.46. The van der Waals surface area contributed by atoms with Crippen molar-refractivity contribution in [3.05, 3.63) is 83.7 Å². The van der Waals surface area contributed by atoms with Crippen LogP contribution in [0, 0.1) is 6.92 Å². The van der Waals surface area contributed by atoms with Crippen molar-refractivity contribution < 1.29 is 4.79 Å². The molecule has 2 aromatic rings. The molecule has 0 saturated carbocycles. The van der Waals surface area contributed by atoms with Crippen LogP contribution in [0.15, 0.2) is 72.1 Å². The molecule has 8 heteroatoms. The highest BCUT2D eigenvalue weighted by Crippen LogP contribution is 2.34. The Bertz CT molecular complexity index is 993. The van der Waals surface area contributed by atoms with Crippen LogP contribution in [0.3, 0.4) is 0 Å². The number of amides is 1. The molecule has 3 unspecified atom stereocenters. The molecule has 0 radical (unpaired) electrons. The maximum absolute atomic E-state index is 12.3. The zero-order valence-electron chi connectivity index (χ0n) is 17.4. The first-order chi connectivity index (χ1) is 15.2. The van der Waals surface area contributed by atoms with Crippen LogP contribution in [0.5, 0.6) is 0 Å². The number of hydrogen-bond donors (Lipinski definition) is 3. The van der Waals surface area contributed by atoms with Gasteiger partial charge in [0.1, 0.15) is 6.17 Å². The van der Waals surface area contributed by atoms with Gasteiger partial charge < -0.3 is 15.2 Å². The Morgan fingerprint density at radius 2 is 1.97 bits per heavy atom. The molecule has 3 heterocycles. The number of benzene rings is 2. The van der Waals surface area contributed by atoms with Gasteiger partial charge in [-0.2, -0.15) is 5.10 Å². The summed E-state index contributed by atoms with van der Waals surface area (Å²) in [5, 5.41) is 10.5. The summed E-state index contributed by atoms with van der Waals surface area (Å²) in [5.74, 6) is 0.342. The molecule has 0 spiro atoms. The molecular weight excluding hydrogens is 408 g/mol. The molecule has 1 fully saturated rings. The number of amidine groups is 1. The SMILES string of the molecule is Cc1ccc(CNC(=O)CSC2=NNC3C4CC(c5ccccc5)NN4C=CN23)cc1. The van der Waals surface area contributed by atoms with E-state index in [1.54, 1.807) is 0 Å². The highest BCUT2D eigenvalue weighted by Gasteiger charge is 2.44. The molecule has 0 bridgehead atoms. The van der Waals surface area contributed by atoms with E-state index in [1.807, 2.05) is 24.4 Å². The molecule has 5 rings (SSSR count). The largest absolute Gasteiger partial charge is 0.351 e. The fourth-order valence-corrected chi connectivity index (χ4v) is 4.94. The zero-order valence-corrected chi connectivity index (χ0v) is 18.2. The lowest BCUT2D eigenvalue weighted by atomic mass is 10.00. The van der Waals surface area contributed by atoms with Crippen LogP contribution in [0.25, 0.3) is 0 Å². The number of hydrazone groups is 1. The Labute approximate surface area is 186 Å². The van der Waals surface area contributed by atoms with Gasteiger partial charge in [-0.15, -0.1) is 0 Å². The molecule has 3 aliphatic rings. The lowest BCUT2D eigenvalue weighted by Crippen LogP contribution is -2.54. The monoisotopic (exact) mass is 434 g/mol. The third kappa shape index (κ3) is 4.26. The number of hydrazine groups is 1. The standard InChI is InChI=1S/C23H26N6OS/c1-16-7-9-17(10-8-16)14-24-21(30)15-31-23-26-25-22-20-13-19(18-5-3-2-4-6-18)27-29(20)12-11-28(22)23/h2-12,19-20,22,25,27H,13-15H2,1H3,(H,24,30). The molecule has 0 aliphatic carbocycles. The van der Waals surface area contributed by atoms with E-state index in [4.69, 9.17) is 0 Å². The summed E-state index contributed by atoms with van der Waals surface area (Å²) in [5.41, 5.74) is 10.5. The Hall–Kier alpha value is -2.97. The number of fused-ring (bicyclic) bond motifs is 3. The second kappa shape index (κ2) is 8.64. The van der Waals surface area contributed by atoms with Crippen LogP contribution in [0.2, 0.25) is 0 Å². The van der Waals surface area contributed by atoms with Crippen LogP contribution in [-0.2, 0) is 11.3 Å². The minimum absolute atomic E-state index is 0.00557. The van der Waals surface area contributed by atoms with Crippen LogP contribution in [0.4, 0.5) is 0 Å². The molecule has 3 atom stereocenters. The summed E-state index contributed by atoms with van der Waals surface area (Å²) in [4.78, 5) is 14.5. The van der Waals surface area contributed by atoms with Crippen molar-refractivity contribution in [1.29, 1.82) is 0 Å². The quantitative estimate of drug-likeness (QED) is 0.672. The van der Waals surface area contributed by atoms with Crippen LogP contribution >= 0.6 is 11.8 Å². The number of carbonyl (C=O) groups is 1. The van der Waals surface area contributed by atoms with E-state index >= 15 is 0 Å². The lowest BCUT2D eigenvalue weighted by molar-refractivity contribution is -0.118. The molecule has 2 aromatic carbocycles. The van der Waals surface area contributed by atoms with Crippen molar-refractivity contribution in [1.82, 2.24) is 26.1 Å². The Morgan fingerprint density at radius 1 is 1.16 bits per heavy atom. The van der Waals surface area contributed by atoms with Gasteiger partial charge in [0.05, 0.1) is 17.8 Å². The molecule has 0 aromatic heterocycles. The number of hydrogen-bond acceptors (Lipinski definition) is 7. The van der Waals surface area contributed by atoms with Gasteiger partial charge >= 0.3 is 0 Å². The van der Waals surface area contributed by atoms with E-state index in [2.05, 4.69) is 80.7 Å². The highest BCUT2D eigenvalue weighted by molar-refractivity contribution is 8.14. The molecule has 7 nitrogen and oxygen atoms in total. The number of rotatable bonds is 5. The molecule has 1 saturated heterocycles. The number of thioether (sulfide) groups is 1. The average molecular weight is 435 g/mol. The zero-order chi connectivity index (χ0) is 21.2. The van der Waals surface area contributed by atoms with E-state index in [1.165, 1.54) is 22.9 Å². The van der Waals surface area contributed by atoms with Crippen LogP contribution in [0.1, 0.15) is 29.2 Å². The number of nitrogens with zero attached hydrogens (tertiary/aromatic N) is 3. The summed E-state index contributed by atoms with van der Waals surface area (Å²) in [6.45, 7) is 2.60. The number of nitrogens with one attached hydrogen (secondary N) is 3. The predicted molar refractivity (Wildman–Crippen MR) is 123 cm³/mol. The van der Waals surface area contributed by atoms with E-state index in [-0.39, 0.29) is 24.2 Å².